The molecule has 3 rings (SSSR count). The van der Waals surface area contributed by atoms with E-state index in [4.69, 9.17) is 0 Å². The quantitative estimate of drug-likeness (QED) is 0.578. The highest BCUT2D eigenvalue weighted by Gasteiger charge is 2.33. The Hall–Kier alpha value is -2.55. The van der Waals surface area contributed by atoms with E-state index in [1.165, 1.54) is 0 Å². The zero-order valence-corrected chi connectivity index (χ0v) is 12.9. The van der Waals surface area contributed by atoms with Gasteiger partial charge in [-0.25, -0.2) is 9.67 Å². The zero-order valence-electron chi connectivity index (χ0n) is 12.1. The van der Waals surface area contributed by atoms with Crippen molar-refractivity contribution in [2.75, 3.05) is 0 Å². The minimum Gasteiger partial charge on any atom is -0.301 e. The van der Waals surface area contributed by atoms with Crippen LogP contribution in [0.4, 0.5) is 13.2 Å². The van der Waals surface area contributed by atoms with Crippen molar-refractivity contribution >= 4 is 11.8 Å². The standard InChI is InChI=1S/C15H11F3N4OS/c16-15(17,18)12-8-13(23)20-14(19-12)24-9-10-6-7-22(21-10)11-4-2-1-3-5-11/h1-8H,9H2,(H,19,20,23). The van der Waals surface area contributed by atoms with E-state index in [1.807, 2.05) is 30.3 Å². The Morgan fingerprint density at radius 2 is 1.92 bits per heavy atom. The molecule has 1 N–H and O–H groups in total. The molecule has 2 heterocycles. The first-order valence-electron chi connectivity index (χ1n) is 6.83. The van der Waals surface area contributed by atoms with Gasteiger partial charge in [0, 0.05) is 18.0 Å². The molecule has 0 aliphatic rings. The fourth-order valence-corrected chi connectivity index (χ4v) is 2.73. The molecule has 0 amide bonds. The summed E-state index contributed by atoms with van der Waals surface area (Å²) in [6.45, 7) is 0. The number of para-hydroxylation sites is 1. The van der Waals surface area contributed by atoms with Crippen LogP contribution >= 0.6 is 11.8 Å². The predicted octanol–water partition coefficient (Wildman–Crippen LogP) is 3.27. The summed E-state index contributed by atoms with van der Waals surface area (Å²) in [7, 11) is 0. The van der Waals surface area contributed by atoms with Gasteiger partial charge in [-0.1, -0.05) is 30.0 Å². The molecule has 0 saturated carbocycles. The van der Waals surface area contributed by atoms with Crippen molar-refractivity contribution in [3.05, 3.63) is 70.4 Å². The number of alkyl halides is 3. The maximum Gasteiger partial charge on any atom is 0.433 e. The van der Waals surface area contributed by atoms with Crippen LogP contribution in [0.2, 0.25) is 0 Å². The monoisotopic (exact) mass is 352 g/mol. The molecule has 0 aliphatic carbocycles. The summed E-state index contributed by atoms with van der Waals surface area (Å²) in [4.78, 5) is 17.1. The Kier molecular flexibility index (Phi) is 4.43. The summed E-state index contributed by atoms with van der Waals surface area (Å²) in [6.07, 6.45) is -2.90. The summed E-state index contributed by atoms with van der Waals surface area (Å²) >= 11 is 0.984. The Morgan fingerprint density at radius 1 is 1.17 bits per heavy atom. The Bertz CT molecular complexity index is 889. The highest BCUT2D eigenvalue weighted by Crippen LogP contribution is 2.28. The molecule has 9 heteroatoms. The third-order valence-corrected chi connectivity index (χ3v) is 3.94. The molecule has 124 valence electrons. The number of aromatic amines is 1. The number of benzene rings is 1. The number of thioether (sulfide) groups is 1. The third kappa shape index (κ3) is 3.85. The number of hydrogen-bond donors (Lipinski definition) is 1. The largest absolute Gasteiger partial charge is 0.433 e. The molecule has 0 radical (unpaired) electrons. The Morgan fingerprint density at radius 3 is 2.62 bits per heavy atom. The van der Waals surface area contributed by atoms with Crippen molar-refractivity contribution in [1.82, 2.24) is 19.7 Å². The van der Waals surface area contributed by atoms with Crippen LogP contribution in [0.15, 0.2) is 58.6 Å². The summed E-state index contributed by atoms with van der Waals surface area (Å²) in [5.41, 5.74) is -0.513. The van der Waals surface area contributed by atoms with Gasteiger partial charge in [0.2, 0.25) is 0 Å². The summed E-state index contributed by atoms with van der Waals surface area (Å²) in [5, 5.41) is 4.25. The molecule has 0 unspecified atom stereocenters. The van der Waals surface area contributed by atoms with Crippen LogP contribution in [0, 0.1) is 0 Å². The van der Waals surface area contributed by atoms with Crippen LogP contribution in [0.1, 0.15) is 11.4 Å². The Labute approximate surface area is 138 Å². The molecule has 0 atom stereocenters. The first-order valence-corrected chi connectivity index (χ1v) is 7.82. The van der Waals surface area contributed by atoms with E-state index in [-0.39, 0.29) is 10.9 Å². The average molecular weight is 352 g/mol. The van der Waals surface area contributed by atoms with Crippen molar-refractivity contribution < 1.29 is 13.2 Å². The normalized spacial score (nSPS) is 11.6. The lowest BCUT2D eigenvalue weighted by Gasteiger charge is -2.06. The van der Waals surface area contributed by atoms with Crippen LogP contribution in [-0.2, 0) is 11.9 Å². The number of rotatable bonds is 4. The van der Waals surface area contributed by atoms with Crippen LogP contribution in [-0.4, -0.2) is 19.7 Å². The van der Waals surface area contributed by atoms with Crippen LogP contribution in [0.25, 0.3) is 5.69 Å². The van der Waals surface area contributed by atoms with Gasteiger partial charge < -0.3 is 4.98 Å². The minimum absolute atomic E-state index is 0.0934. The van der Waals surface area contributed by atoms with Crippen molar-refractivity contribution in [3.8, 4) is 5.69 Å². The predicted molar refractivity (Wildman–Crippen MR) is 83.0 cm³/mol. The molecule has 3 aromatic rings. The summed E-state index contributed by atoms with van der Waals surface area (Å²) in [5.74, 6) is 0.282. The van der Waals surface area contributed by atoms with Crippen molar-refractivity contribution in [2.45, 2.75) is 17.1 Å². The first-order chi connectivity index (χ1) is 11.4. The summed E-state index contributed by atoms with van der Waals surface area (Å²) in [6, 6.07) is 11.6. The number of hydrogen-bond acceptors (Lipinski definition) is 4. The number of nitrogens with zero attached hydrogens (tertiary/aromatic N) is 3. The Balaban J connectivity index is 1.74. The van der Waals surface area contributed by atoms with E-state index >= 15 is 0 Å². The van der Waals surface area contributed by atoms with Crippen molar-refractivity contribution in [3.63, 3.8) is 0 Å². The number of nitrogens with one attached hydrogen (secondary N) is 1. The lowest BCUT2D eigenvalue weighted by atomic mass is 10.3. The van der Waals surface area contributed by atoms with Gasteiger partial charge in [0.15, 0.2) is 10.9 Å². The fourth-order valence-electron chi connectivity index (χ4n) is 1.95. The first kappa shape index (κ1) is 16.3. The molecule has 24 heavy (non-hydrogen) atoms. The lowest BCUT2D eigenvalue weighted by Crippen LogP contribution is -2.16. The lowest BCUT2D eigenvalue weighted by molar-refractivity contribution is -0.141. The van der Waals surface area contributed by atoms with Gasteiger partial charge in [-0.05, 0) is 18.2 Å². The molecule has 0 saturated heterocycles. The van der Waals surface area contributed by atoms with Gasteiger partial charge in [-0.15, -0.1) is 0 Å². The van der Waals surface area contributed by atoms with E-state index in [0.29, 0.717) is 11.8 Å². The van der Waals surface area contributed by atoms with Crippen molar-refractivity contribution in [1.29, 1.82) is 0 Å². The molecule has 2 aromatic heterocycles. The van der Waals surface area contributed by atoms with E-state index in [1.54, 1.807) is 16.9 Å². The minimum atomic E-state index is -4.65. The number of aromatic nitrogens is 4. The van der Waals surface area contributed by atoms with E-state index in [9.17, 15) is 18.0 Å². The van der Waals surface area contributed by atoms with Gasteiger partial charge in [0.25, 0.3) is 5.56 Å². The molecular weight excluding hydrogens is 341 g/mol. The SMILES string of the molecule is O=c1cc(C(F)(F)F)nc(SCc2ccn(-c3ccccc3)n2)[nH]1. The molecular formula is C15H11F3N4OS. The number of H-pyrrole nitrogens is 1. The molecule has 1 aromatic carbocycles. The maximum atomic E-state index is 12.7. The van der Waals surface area contributed by atoms with Gasteiger partial charge in [-0.2, -0.15) is 18.3 Å². The van der Waals surface area contributed by atoms with E-state index in [0.717, 1.165) is 17.4 Å². The average Bonchev–Trinajstić information content (AvgIpc) is 3.01. The maximum absolute atomic E-state index is 12.7. The van der Waals surface area contributed by atoms with E-state index in [2.05, 4.69) is 15.1 Å². The van der Waals surface area contributed by atoms with Crippen LogP contribution in [0.5, 0.6) is 0 Å². The molecule has 0 aliphatic heterocycles. The highest BCUT2D eigenvalue weighted by atomic mass is 32.2. The smallest absolute Gasteiger partial charge is 0.301 e. The zero-order chi connectivity index (χ0) is 17.2. The number of halogens is 3. The molecule has 0 fully saturated rings. The van der Waals surface area contributed by atoms with Crippen molar-refractivity contribution in [2.24, 2.45) is 0 Å². The molecule has 0 spiro atoms. The van der Waals surface area contributed by atoms with Gasteiger partial charge in [0.05, 0.1) is 11.4 Å². The van der Waals surface area contributed by atoms with Gasteiger partial charge >= 0.3 is 6.18 Å². The van der Waals surface area contributed by atoms with Crippen LogP contribution in [0.3, 0.4) is 0 Å². The van der Waals surface area contributed by atoms with Gasteiger partial charge in [0.1, 0.15) is 0 Å². The second-order valence-electron chi connectivity index (χ2n) is 4.81. The van der Waals surface area contributed by atoms with Crippen LogP contribution < -0.4 is 5.56 Å². The fraction of sp³-hybridized carbons (Fsp3) is 0.133. The third-order valence-electron chi connectivity index (χ3n) is 3.03. The van der Waals surface area contributed by atoms with Gasteiger partial charge in [-0.3, -0.25) is 4.79 Å². The molecule has 0 bridgehead atoms. The topological polar surface area (TPSA) is 63.6 Å². The highest BCUT2D eigenvalue weighted by molar-refractivity contribution is 7.98. The second-order valence-corrected chi connectivity index (χ2v) is 5.77. The summed E-state index contributed by atoms with van der Waals surface area (Å²) < 4.78 is 39.7. The molecule has 5 nitrogen and oxygen atoms in total. The van der Waals surface area contributed by atoms with E-state index < -0.39 is 17.4 Å². The second kappa shape index (κ2) is 6.52.